The van der Waals surface area contributed by atoms with Crippen molar-refractivity contribution in [3.05, 3.63) is 35.7 Å². The Morgan fingerprint density at radius 3 is 2.10 bits per heavy atom. The van der Waals surface area contributed by atoms with E-state index in [1.54, 1.807) is 12.2 Å². The van der Waals surface area contributed by atoms with Crippen molar-refractivity contribution >= 4 is 0 Å². The summed E-state index contributed by atoms with van der Waals surface area (Å²) in [5.74, 6) is 0. The van der Waals surface area contributed by atoms with Crippen molar-refractivity contribution in [2.45, 2.75) is 13.8 Å². The quantitative estimate of drug-likeness (QED) is 0.564. The van der Waals surface area contributed by atoms with Gasteiger partial charge in [0, 0.05) is 11.4 Å². The fourth-order valence-electron chi connectivity index (χ4n) is 0.423. The Bertz CT molecular complexity index is 183. The Morgan fingerprint density at radius 1 is 1.30 bits per heavy atom. The standard InChI is InChI=1S/C8H14N2/c1-4-8(10)5-6(2)7(3)9/h4-5H,1,9-10H2,2-3H3/b7-6+,8-5+. The third-order valence-corrected chi connectivity index (χ3v) is 1.24. The number of rotatable bonds is 2. The molecule has 0 fully saturated rings. The van der Waals surface area contributed by atoms with E-state index < -0.39 is 0 Å². The van der Waals surface area contributed by atoms with E-state index in [1.807, 2.05) is 13.8 Å². The fourth-order valence-corrected chi connectivity index (χ4v) is 0.423. The van der Waals surface area contributed by atoms with Crippen molar-refractivity contribution in [1.82, 2.24) is 0 Å². The van der Waals surface area contributed by atoms with Crippen LogP contribution in [0.5, 0.6) is 0 Å². The molecule has 0 rings (SSSR count). The van der Waals surface area contributed by atoms with Gasteiger partial charge in [-0.2, -0.15) is 0 Å². The van der Waals surface area contributed by atoms with Gasteiger partial charge in [-0.05, 0) is 31.6 Å². The molecule has 10 heavy (non-hydrogen) atoms. The first kappa shape index (κ1) is 8.82. The van der Waals surface area contributed by atoms with E-state index in [0.717, 1.165) is 11.3 Å². The maximum absolute atomic E-state index is 5.48. The second-order valence-electron chi connectivity index (χ2n) is 2.21. The van der Waals surface area contributed by atoms with E-state index in [-0.39, 0.29) is 0 Å². The average Bonchev–Trinajstić information content (AvgIpc) is 1.87. The van der Waals surface area contributed by atoms with Crippen LogP contribution in [0, 0.1) is 0 Å². The molecule has 0 aliphatic heterocycles. The zero-order valence-corrected chi connectivity index (χ0v) is 6.52. The van der Waals surface area contributed by atoms with Crippen molar-refractivity contribution in [2.24, 2.45) is 11.5 Å². The Balaban J connectivity index is 4.42. The van der Waals surface area contributed by atoms with E-state index >= 15 is 0 Å². The monoisotopic (exact) mass is 138 g/mol. The van der Waals surface area contributed by atoms with Gasteiger partial charge in [0.15, 0.2) is 0 Å². The predicted octanol–water partition coefficient (Wildman–Crippen LogP) is 1.27. The predicted molar refractivity (Wildman–Crippen MR) is 45.0 cm³/mol. The van der Waals surface area contributed by atoms with Crippen LogP contribution in [0.2, 0.25) is 0 Å². The Hall–Kier alpha value is -1.18. The summed E-state index contributed by atoms with van der Waals surface area (Å²) < 4.78 is 0. The lowest BCUT2D eigenvalue weighted by atomic mass is 10.2. The smallest absolute Gasteiger partial charge is 0.0311 e. The molecular weight excluding hydrogens is 124 g/mol. The molecule has 2 heteroatoms. The van der Waals surface area contributed by atoms with Gasteiger partial charge in [-0.15, -0.1) is 0 Å². The molecule has 56 valence electrons. The van der Waals surface area contributed by atoms with Crippen molar-refractivity contribution < 1.29 is 0 Å². The van der Waals surface area contributed by atoms with Crippen LogP contribution in [-0.2, 0) is 0 Å². The summed E-state index contributed by atoms with van der Waals surface area (Å²) >= 11 is 0. The lowest BCUT2D eigenvalue weighted by Crippen LogP contribution is -1.97. The van der Waals surface area contributed by atoms with Gasteiger partial charge in [0.25, 0.3) is 0 Å². The molecule has 0 heterocycles. The number of nitrogens with two attached hydrogens (primary N) is 2. The molecule has 0 saturated carbocycles. The molecule has 0 aliphatic rings. The van der Waals surface area contributed by atoms with Crippen molar-refractivity contribution in [2.75, 3.05) is 0 Å². The van der Waals surface area contributed by atoms with Crippen molar-refractivity contribution in [3.63, 3.8) is 0 Å². The molecule has 0 bridgehead atoms. The van der Waals surface area contributed by atoms with Gasteiger partial charge in [0.2, 0.25) is 0 Å². The molecule has 2 nitrogen and oxygen atoms in total. The summed E-state index contributed by atoms with van der Waals surface area (Å²) in [6.45, 7) is 7.26. The molecule has 0 atom stereocenters. The summed E-state index contributed by atoms with van der Waals surface area (Å²) in [6.07, 6.45) is 3.38. The molecule has 0 aromatic heterocycles. The van der Waals surface area contributed by atoms with E-state index in [1.165, 1.54) is 0 Å². The Labute approximate surface area is 61.9 Å². The minimum atomic E-state index is 0.641. The highest BCUT2D eigenvalue weighted by atomic mass is 14.6. The van der Waals surface area contributed by atoms with Crippen LogP contribution in [0.15, 0.2) is 35.7 Å². The molecule has 0 aliphatic carbocycles. The molecular formula is C8H14N2. The number of allylic oxidation sites excluding steroid dienone is 4. The molecule has 0 aromatic carbocycles. The minimum Gasteiger partial charge on any atom is -0.402 e. The Kier molecular flexibility index (Phi) is 3.33. The summed E-state index contributed by atoms with van der Waals surface area (Å²) in [5.41, 5.74) is 13.4. The highest BCUT2D eigenvalue weighted by molar-refractivity contribution is 5.27. The summed E-state index contributed by atoms with van der Waals surface area (Å²) in [5, 5.41) is 0. The highest BCUT2D eigenvalue weighted by Gasteiger charge is 1.87. The van der Waals surface area contributed by atoms with Crippen LogP contribution >= 0.6 is 0 Å². The van der Waals surface area contributed by atoms with Gasteiger partial charge < -0.3 is 11.5 Å². The van der Waals surface area contributed by atoms with Gasteiger partial charge in [-0.25, -0.2) is 0 Å². The van der Waals surface area contributed by atoms with E-state index in [4.69, 9.17) is 11.5 Å². The first-order valence-corrected chi connectivity index (χ1v) is 3.10. The van der Waals surface area contributed by atoms with Crippen LogP contribution in [0.1, 0.15) is 13.8 Å². The van der Waals surface area contributed by atoms with Gasteiger partial charge in [-0.1, -0.05) is 6.58 Å². The summed E-state index contributed by atoms with van der Waals surface area (Å²) in [7, 11) is 0. The first-order valence-electron chi connectivity index (χ1n) is 3.10. The molecule has 4 N–H and O–H groups in total. The van der Waals surface area contributed by atoms with Gasteiger partial charge in [-0.3, -0.25) is 0 Å². The SMILES string of the molecule is C=C/C(N)=C\C(C)=C(/C)N. The third kappa shape index (κ3) is 2.97. The van der Waals surface area contributed by atoms with E-state index in [2.05, 4.69) is 6.58 Å². The Morgan fingerprint density at radius 2 is 1.80 bits per heavy atom. The summed E-state index contributed by atoms with van der Waals surface area (Å²) in [4.78, 5) is 0. The number of hydrogen-bond donors (Lipinski definition) is 2. The van der Waals surface area contributed by atoms with Crippen molar-refractivity contribution in [1.29, 1.82) is 0 Å². The van der Waals surface area contributed by atoms with Crippen LogP contribution in [-0.4, -0.2) is 0 Å². The van der Waals surface area contributed by atoms with E-state index in [9.17, 15) is 0 Å². The first-order chi connectivity index (χ1) is 4.57. The normalized spacial score (nSPS) is 14.4. The van der Waals surface area contributed by atoms with Crippen molar-refractivity contribution in [3.8, 4) is 0 Å². The number of hydrogen-bond acceptors (Lipinski definition) is 2. The molecule has 0 saturated heterocycles. The third-order valence-electron chi connectivity index (χ3n) is 1.24. The van der Waals surface area contributed by atoms with Crippen LogP contribution in [0.25, 0.3) is 0 Å². The molecule has 0 radical (unpaired) electrons. The second-order valence-corrected chi connectivity index (χ2v) is 2.21. The van der Waals surface area contributed by atoms with Gasteiger partial charge in [0.05, 0.1) is 0 Å². The molecule has 0 amide bonds. The largest absolute Gasteiger partial charge is 0.402 e. The van der Waals surface area contributed by atoms with Gasteiger partial charge >= 0.3 is 0 Å². The topological polar surface area (TPSA) is 52.0 Å². The van der Waals surface area contributed by atoms with Crippen LogP contribution in [0.3, 0.4) is 0 Å². The maximum atomic E-state index is 5.48. The fraction of sp³-hybridized carbons (Fsp3) is 0.250. The van der Waals surface area contributed by atoms with E-state index in [0.29, 0.717) is 5.70 Å². The average molecular weight is 138 g/mol. The summed E-state index contributed by atoms with van der Waals surface area (Å²) in [6, 6.07) is 0. The molecule has 0 spiro atoms. The highest BCUT2D eigenvalue weighted by Crippen LogP contribution is 2.00. The zero-order valence-electron chi connectivity index (χ0n) is 6.52. The van der Waals surface area contributed by atoms with Crippen LogP contribution < -0.4 is 11.5 Å². The minimum absolute atomic E-state index is 0.641. The van der Waals surface area contributed by atoms with Crippen LogP contribution in [0.4, 0.5) is 0 Å². The second kappa shape index (κ2) is 3.77. The molecule has 0 aromatic rings. The molecule has 0 unspecified atom stereocenters. The lowest BCUT2D eigenvalue weighted by Gasteiger charge is -1.96. The maximum Gasteiger partial charge on any atom is 0.0311 e. The van der Waals surface area contributed by atoms with Gasteiger partial charge in [0.1, 0.15) is 0 Å². The lowest BCUT2D eigenvalue weighted by molar-refractivity contribution is 1.22. The zero-order chi connectivity index (χ0) is 8.15.